The minimum absolute atomic E-state index is 0.0105. The zero-order valence-electron chi connectivity index (χ0n) is 55.7. The van der Waals surface area contributed by atoms with Crippen molar-refractivity contribution >= 4 is 65.1 Å². The normalized spacial score (nSPS) is 22.6. The van der Waals surface area contributed by atoms with Crippen molar-refractivity contribution < 1.29 is 42.5 Å². The number of ether oxygens (including phenoxy) is 4. The van der Waals surface area contributed by atoms with Crippen molar-refractivity contribution in [2.75, 3.05) is 95.8 Å². The van der Waals surface area contributed by atoms with E-state index in [0.29, 0.717) is 88.7 Å². The molecule has 3 atom stereocenters. The summed E-state index contributed by atoms with van der Waals surface area (Å²) in [5, 5.41) is 4.51. The number of fused-ring (bicyclic) bond motifs is 5. The fourth-order valence-electron chi connectivity index (χ4n) is 17.1. The minimum Gasteiger partial charge on any atom is -0.468 e. The summed E-state index contributed by atoms with van der Waals surface area (Å²) < 4.78 is 42.4. The molecule has 2 aliphatic carbocycles. The van der Waals surface area contributed by atoms with Crippen molar-refractivity contribution in [3.8, 4) is 34.5 Å². The zero-order chi connectivity index (χ0) is 64.6. The molecule has 13 rings (SSSR count). The number of nitrogens with one attached hydrogen (secondary N) is 1. The first-order valence-electron chi connectivity index (χ1n) is 34.0. The van der Waals surface area contributed by atoms with Gasteiger partial charge in [0, 0.05) is 112 Å². The molecule has 8 aliphatic rings. The van der Waals surface area contributed by atoms with E-state index < -0.39 is 25.5 Å². The average Bonchev–Trinajstić information content (AvgIpc) is 0.863. The second-order valence-electron chi connectivity index (χ2n) is 30.1. The van der Waals surface area contributed by atoms with Crippen molar-refractivity contribution in [2.24, 2.45) is 16.7 Å². The van der Waals surface area contributed by atoms with E-state index in [9.17, 15) is 19.2 Å². The number of rotatable bonds is 17. The van der Waals surface area contributed by atoms with Crippen LogP contribution in [-0.4, -0.2) is 176 Å². The Morgan fingerprint density at radius 3 is 2.21 bits per heavy atom. The third-order valence-electron chi connectivity index (χ3n) is 22.0. The molecule has 2 unspecified atom stereocenters. The van der Waals surface area contributed by atoms with Crippen molar-refractivity contribution in [3.05, 3.63) is 77.2 Å². The summed E-state index contributed by atoms with van der Waals surface area (Å²) in [6.45, 7) is 29.4. The van der Waals surface area contributed by atoms with E-state index in [2.05, 4.69) is 84.0 Å². The van der Waals surface area contributed by atoms with E-state index in [-0.39, 0.29) is 71.7 Å². The summed E-state index contributed by atoms with van der Waals surface area (Å²) >= 11 is 0. The number of pyridine rings is 1. The maximum absolute atomic E-state index is 18.3. The van der Waals surface area contributed by atoms with Crippen molar-refractivity contribution in [1.29, 1.82) is 0 Å². The average molecular weight is 1270 g/mol. The monoisotopic (exact) mass is 1270 g/mol. The number of nitrogens with zero attached hydrogens (tertiary/aromatic N) is 9. The number of hydrogen-bond acceptors (Lipinski definition) is 15. The quantitative estimate of drug-likeness (QED) is 0.0402. The molecule has 18 nitrogen and oxygen atoms in total. The first-order chi connectivity index (χ1) is 44.0. The second-order valence-corrected chi connectivity index (χ2v) is 35.7. The van der Waals surface area contributed by atoms with Gasteiger partial charge >= 0.3 is 12.1 Å². The minimum atomic E-state index is -2.16. The number of benzene rings is 3. The van der Waals surface area contributed by atoms with Crippen LogP contribution < -0.4 is 24.6 Å². The smallest absolute Gasteiger partial charge is 0.410 e. The number of piperazine rings is 2. The molecule has 6 aliphatic heterocycles. The summed E-state index contributed by atoms with van der Waals surface area (Å²) in [5.74, 6) is 4.06. The summed E-state index contributed by atoms with van der Waals surface area (Å²) in [5.41, 5.74) is 9.21. The van der Waals surface area contributed by atoms with Gasteiger partial charge in [-0.1, -0.05) is 59.6 Å². The van der Waals surface area contributed by atoms with Crippen LogP contribution in [-0.2, 0) is 25.6 Å². The number of carbonyl (C=O) groups is 4. The third-order valence-corrected chi connectivity index (χ3v) is 28.3. The largest absolute Gasteiger partial charge is 0.468 e. The fraction of sp³-hybridized carbons (Fsp3) is 0.597. The fourth-order valence-corrected chi connectivity index (χ4v) is 22.3. The number of amides is 4. The Kier molecular flexibility index (Phi) is 17.4. The van der Waals surface area contributed by atoms with Crippen LogP contribution >= 0.6 is 0 Å². The Morgan fingerprint density at radius 1 is 0.826 bits per heavy atom. The molecule has 3 aromatic carbocycles. The molecule has 92 heavy (non-hydrogen) atoms. The van der Waals surface area contributed by atoms with E-state index in [1.165, 1.54) is 25.7 Å². The predicted octanol–water partition coefficient (Wildman–Crippen LogP) is 11.4. The maximum Gasteiger partial charge on any atom is 0.410 e. The van der Waals surface area contributed by atoms with E-state index in [1.54, 1.807) is 18.2 Å². The Labute approximate surface area is 542 Å². The van der Waals surface area contributed by atoms with Crippen LogP contribution in [0.25, 0.3) is 32.9 Å². The van der Waals surface area contributed by atoms with E-state index in [1.807, 2.05) is 68.1 Å². The Balaban J connectivity index is 0.694. The van der Waals surface area contributed by atoms with Crippen LogP contribution in [0.3, 0.4) is 0 Å². The van der Waals surface area contributed by atoms with Gasteiger partial charge in [0.25, 0.3) is 5.91 Å². The zero-order valence-corrected chi connectivity index (χ0v) is 56.7. The number of aromatic nitrogens is 3. The second kappa shape index (κ2) is 25.1. The van der Waals surface area contributed by atoms with Crippen LogP contribution in [0.5, 0.6) is 11.8 Å². The number of methoxy groups -OCH3 is 1. The topological polar surface area (TPSA) is 175 Å². The molecule has 7 fully saturated rings. The predicted molar refractivity (Wildman–Crippen MR) is 357 cm³/mol. The van der Waals surface area contributed by atoms with E-state index in [4.69, 9.17) is 33.9 Å². The van der Waals surface area contributed by atoms with Crippen molar-refractivity contribution in [1.82, 2.24) is 39.9 Å². The molecule has 5 saturated heterocycles. The van der Waals surface area contributed by atoms with E-state index >= 15 is 4.39 Å². The van der Waals surface area contributed by atoms with Gasteiger partial charge in [-0.05, 0) is 167 Å². The molecule has 20 heteroatoms. The van der Waals surface area contributed by atoms with Gasteiger partial charge in [0.15, 0.2) is 12.6 Å². The molecule has 490 valence electrons. The van der Waals surface area contributed by atoms with Gasteiger partial charge in [-0.15, -0.1) is 5.54 Å². The SMILES string of the molecule is COCOc1cc(-c2ncc3c(N4CC5CCC(C4)N5C(=O)OC(C)(C)C)nc(OCC4(CN5CCC6(CC5)CC(CN5CCN(c7ccc8c(c7)CN([C@H]7CCC(=O)NC7=O)C8=O)CC5)C6)CC4)nc3c2F)c2c(C#C[Si](C(C)C)(C(C)C)C(C)C)cccc2c1. The number of carbonyl (C=O) groups excluding carboxylic acids is 4. The van der Waals surface area contributed by atoms with Crippen LogP contribution in [0.2, 0.25) is 16.6 Å². The van der Waals surface area contributed by atoms with Gasteiger partial charge in [0.05, 0.1) is 24.1 Å². The van der Waals surface area contributed by atoms with E-state index in [0.717, 1.165) is 106 Å². The summed E-state index contributed by atoms with van der Waals surface area (Å²) in [7, 11) is -0.589. The van der Waals surface area contributed by atoms with Crippen LogP contribution in [0.1, 0.15) is 148 Å². The van der Waals surface area contributed by atoms with Gasteiger partial charge in [0.1, 0.15) is 42.5 Å². The molecule has 4 amide bonds. The molecular formula is C72H93FN10O8Si. The van der Waals surface area contributed by atoms with Crippen LogP contribution in [0.15, 0.2) is 54.7 Å². The lowest BCUT2D eigenvalue weighted by Crippen LogP contribution is -2.57. The molecule has 8 heterocycles. The molecular weight excluding hydrogens is 1180 g/mol. The molecule has 2 bridgehead atoms. The van der Waals surface area contributed by atoms with Crippen LogP contribution in [0.4, 0.5) is 20.7 Å². The molecule has 5 aromatic rings. The third kappa shape index (κ3) is 12.4. The first kappa shape index (κ1) is 63.8. The highest BCUT2D eigenvalue weighted by molar-refractivity contribution is 6.90. The number of hydrogen-bond donors (Lipinski definition) is 1. The van der Waals surface area contributed by atoms with Gasteiger partial charge < -0.3 is 38.5 Å². The van der Waals surface area contributed by atoms with Gasteiger partial charge in [0.2, 0.25) is 11.8 Å². The lowest BCUT2D eigenvalue weighted by Gasteiger charge is -2.54. The Bertz CT molecular complexity index is 3700. The number of anilines is 2. The lowest BCUT2D eigenvalue weighted by atomic mass is 9.57. The molecule has 2 saturated carbocycles. The number of piperidine rings is 2. The highest BCUT2D eigenvalue weighted by Crippen LogP contribution is 2.55. The first-order valence-corrected chi connectivity index (χ1v) is 36.2. The van der Waals surface area contributed by atoms with Crippen molar-refractivity contribution in [3.63, 3.8) is 0 Å². The number of halogens is 1. The summed E-state index contributed by atoms with van der Waals surface area (Å²) in [6, 6.07) is 15.2. The highest BCUT2D eigenvalue weighted by atomic mass is 28.3. The summed E-state index contributed by atoms with van der Waals surface area (Å²) in [6.07, 6.45) is 10.7. The number of likely N-dealkylation sites (tertiary alicyclic amines) is 1. The number of imide groups is 1. The molecule has 2 aromatic heterocycles. The van der Waals surface area contributed by atoms with Crippen LogP contribution in [0, 0.1) is 34.0 Å². The lowest BCUT2D eigenvalue weighted by molar-refractivity contribution is -0.136. The Hall–Kier alpha value is -6.92. The van der Waals surface area contributed by atoms with Gasteiger partial charge in [-0.25, -0.2) is 9.18 Å². The highest BCUT2D eigenvalue weighted by Gasteiger charge is 2.51. The maximum atomic E-state index is 18.3. The van der Waals surface area contributed by atoms with Gasteiger partial charge in [-0.2, -0.15) is 9.97 Å². The molecule has 1 spiro atoms. The van der Waals surface area contributed by atoms with Gasteiger partial charge in [-0.3, -0.25) is 34.5 Å². The molecule has 0 radical (unpaired) electrons. The van der Waals surface area contributed by atoms with Crippen molar-refractivity contribution in [2.45, 2.75) is 173 Å². The standard InChI is InChI=1S/C72H93FN10O8Si/c1-45(2)92(46(3)4,47(5)6)31-20-49-12-11-13-50-33-55(90-44-88-10)34-57(61(49)50)63-62(73)64-58(37-74-63)65(81-40-53-14-15-54(41-81)83(53)69(87)91-70(7,8)9)77-68(76-64)89-43-72(21-22-72)42-79-25-23-71(24-26-79)35-48(36-71)38-78-27-29-80(30-28-78)52-16-17-56-51(32-52)39-82(67(56)86)59-18-19-60(84)75-66(59)85/h11-13,16-17,32-34,37,45-48,53-54,59H,14-15,18-19,21-30,35-36,38-44H2,1-10H3,(H,75,84,85)/t53?,54?,59-/m0/s1. The Morgan fingerprint density at radius 2 is 1.54 bits per heavy atom. The molecule has 1 N–H and O–H groups in total. The summed E-state index contributed by atoms with van der Waals surface area (Å²) in [4.78, 5) is 79.9.